The van der Waals surface area contributed by atoms with Gasteiger partial charge in [0.1, 0.15) is 29.6 Å². The molecular formula is C15H15N3O2. The van der Waals surface area contributed by atoms with Crippen LogP contribution in [-0.4, -0.2) is 22.8 Å². The van der Waals surface area contributed by atoms with Gasteiger partial charge in [-0.2, -0.15) is 0 Å². The van der Waals surface area contributed by atoms with Crippen LogP contribution >= 0.6 is 0 Å². The Morgan fingerprint density at radius 1 is 1.35 bits per heavy atom. The highest BCUT2D eigenvalue weighted by Crippen LogP contribution is 2.25. The van der Waals surface area contributed by atoms with Gasteiger partial charge in [-0.1, -0.05) is 30.6 Å². The van der Waals surface area contributed by atoms with Gasteiger partial charge in [0.2, 0.25) is 5.71 Å². The predicted molar refractivity (Wildman–Crippen MR) is 77.8 cm³/mol. The molecule has 2 aromatic heterocycles. The summed E-state index contributed by atoms with van der Waals surface area (Å²) in [5.41, 5.74) is 3.58. The molecule has 102 valence electrons. The predicted octanol–water partition coefficient (Wildman–Crippen LogP) is 3.53. The summed E-state index contributed by atoms with van der Waals surface area (Å²) in [5, 5.41) is 4.99. The minimum Gasteiger partial charge on any atom is -0.436 e. The number of benzene rings is 1. The van der Waals surface area contributed by atoms with Gasteiger partial charge in [-0.25, -0.2) is 9.97 Å². The van der Waals surface area contributed by atoms with Crippen molar-refractivity contribution in [3.8, 4) is 0 Å². The molecule has 1 aromatic carbocycles. The molecule has 0 saturated heterocycles. The number of furan rings is 1. The molecule has 5 nitrogen and oxygen atoms in total. The minimum atomic E-state index is 0.531. The van der Waals surface area contributed by atoms with Crippen LogP contribution in [0.1, 0.15) is 25.5 Å². The second kappa shape index (κ2) is 5.28. The maximum Gasteiger partial charge on any atom is 0.246 e. The van der Waals surface area contributed by atoms with Gasteiger partial charge >= 0.3 is 0 Å². The fourth-order valence-electron chi connectivity index (χ4n) is 2.19. The van der Waals surface area contributed by atoms with Crippen LogP contribution in [0.4, 0.5) is 0 Å². The minimum absolute atomic E-state index is 0.531. The topological polar surface area (TPSA) is 60.5 Å². The summed E-state index contributed by atoms with van der Waals surface area (Å²) in [6, 6.07) is 7.78. The van der Waals surface area contributed by atoms with Crippen molar-refractivity contribution in [2.24, 2.45) is 5.16 Å². The molecule has 3 rings (SSSR count). The fraction of sp³-hybridized carbons (Fsp3) is 0.267. The highest BCUT2D eigenvalue weighted by molar-refractivity contribution is 6.03. The molecule has 0 bridgehead atoms. The van der Waals surface area contributed by atoms with E-state index in [1.165, 1.54) is 7.11 Å². The number of fused-ring (bicyclic) bond motifs is 3. The first-order valence-electron chi connectivity index (χ1n) is 6.58. The molecule has 0 amide bonds. The zero-order valence-corrected chi connectivity index (χ0v) is 11.5. The molecule has 0 atom stereocenters. The zero-order valence-electron chi connectivity index (χ0n) is 11.5. The first-order chi connectivity index (χ1) is 9.83. The van der Waals surface area contributed by atoms with Crippen LogP contribution in [0.3, 0.4) is 0 Å². The number of para-hydroxylation sites is 1. The van der Waals surface area contributed by atoms with Crippen LogP contribution in [0.15, 0.2) is 40.0 Å². The molecule has 20 heavy (non-hydrogen) atoms. The lowest BCUT2D eigenvalue weighted by Crippen LogP contribution is -2.04. The van der Waals surface area contributed by atoms with Crippen molar-refractivity contribution in [3.05, 3.63) is 36.2 Å². The largest absolute Gasteiger partial charge is 0.436 e. The number of nitrogens with zero attached hydrogens (tertiary/aromatic N) is 3. The standard InChI is InChI=1S/C15H15N3O2/c1-3-6-11(18-19-2)12-9-16-14-10-7-4-5-8-13(10)20-15(14)17-12/h4-5,7-9H,3,6H2,1-2H3/b18-11+. The molecule has 2 heterocycles. The second-order valence-electron chi connectivity index (χ2n) is 4.48. The van der Waals surface area contributed by atoms with Gasteiger partial charge in [-0.3, -0.25) is 0 Å². The maximum absolute atomic E-state index is 5.73. The van der Waals surface area contributed by atoms with Crippen LogP contribution in [-0.2, 0) is 4.84 Å². The van der Waals surface area contributed by atoms with E-state index >= 15 is 0 Å². The normalized spacial score (nSPS) is 12.2. The number of hydrogen-bond acceptors (Lipinski definition) is 5. The van der Waals surface area contributed by atoms with Crippen LogP contribution in [0.5, 0.6) is 0 Å². The van der Waals surface area contributed by atoms with Gasteiger partial charge in [0.15, 0.2) is 0 Å². The summed E-state index contributed by atoms with van der Waals surface area (Å²) in [6.45, 7) is 2.08. The summed E-state index contributed by atoms with van der Waals surface area (Å²) in [7, 11) is 1.53. The van der Waals surface area contributed by atoms with Crippen molar-refractivity contribution in [3.63, 3.8) is 0 Å². The van der Waals surface area contributed by atoms with Crippen LogP contribution in [0.25, 0.3) is 22.2 Å². The first-order valence-corrected chi connectivity index (χ1v) is 6.58. The van der Waals surface area contributed by atoms with E-state index in [1.54, 1.807) is 6.20 Å². The van der Waals surface area contributed by atoms with Crippen molar-refractivity contribution in [1.82, 2.24) is 9.97 Å². The molecule has 0 aliphatic carbocycles. The summed E-state index contributed by atoms with van der Waals surface area (Å²) < 4.78 is 5.73. The molecule has 3 aromatic rings. The monoisotopic (exact) mass is 269 g/mol. The Hall–Kier alpha value is -2.43. The quantitative estimate of drug-likeness (QED) is 0.537. The van der Waals surface area contributed by atoms with E-state index in [9.17, 15) is 0 Å². The van der Waals surface area contributed by atoms with E-state index in [4.69, 9.17) is 9.25 Å². The van der Waals surface area contributed by atoms with Gasteiger partial charge < -0.3 is 9.25 Å². The van der Waals surface area contributed by atoms with Gasteiger partial charge in [0.05, 0.1) is 6.20 Å². The van der Waals surface area contributed by atoms with Gasteiger partial charge in [0, 0.05) is 5.39 Å². The van der Waals surface area contributed by atoms with Crippen molar-refractivity contribution in [2.45, 2.75) is 19.8 Å². The van der Waals surface area contributed by atoms with Crippen LogP contribution in [0, 0.1) is 0 Å². The summed E-state index contributed by atoms with van der Waals surface area (Å²) in [6.07, 6.45) is 3.47. The Labute approximate surface area is 116 Å². The van der Waals surface area contributed by atoms with E-state index in [-0.39, 0.29) is 0 Å². The first kappa shape index (κ1) is 12.6. The third kappa shape index (κ3) is 2.11. The summed E-state index contributed by atoms with van der Waals surface area (Å²) in [4.78, 5) is 13.8. The Bertz CT molecular complexity index is 777. The zero-order chi connectivity index (χ0) is 13.9. The molecule has 0 unspecified atom stereocenters. The Balaban J connectivity index is 2.15. The molecule has 0 saturated carbocycles. The molecule has 0 aliphatic rings. The molecule has 5 heteroatoms. The molecule has 0 N–H and O–H groups in total. The smallest absolute Gasteiger partial charge is 0.246 e. The fourth-order valence-corrected chi connectivity index (χ4v) is 2.19. The van der Waals surface area contributed by atoms with E-state index in [0.29, 0.717) is 11.4 Å². The SMILES string of the molecule is CCC/C(=N\OC)c1cnc2c(n1)oc1ccccc12. The van der Waals surface area contributed by atoms with E-state index in [0.717, 1.165) is 35.0 Å². The molecule has 0 spiro atoms. The van der Waals surface area contributed by atoms with Crippen molar-refractivity contribution < 1.29 is 9.25 Å². The number of rotatable bonds is 4. The van der Waals surface area contributed by atoms with Crippen molar-refractivity contribution in [2.75, 3.05) is 7.11 Å². The lowest BCUT2D eigenvalue weighted by Gasteiger charge is -2.02. The highest BCUT2D eigenvalue weighted by atomic mass is 16.6. The van der Waals surface area contributed by atoms with Crippen molar-refractivity contribution in [1.29, 1.82) is 0 Å². The lowest BCUT2D eigenvalue weighted by atomic mass is 10.2. The average Bonchev–Trinajstić information content (AvgIpc) is 2.84. The molecular weight excluding hydrogens is 254 g/mol. The van der Waals surface area contributed by atoms with E-state index < -0.39 is 0 Å². The summed E-state index contributed by atoms with van der Waals surface area (Å²) >= 11 is 0. The Morgan fingerprint density at radius 3 is 3.00 bits per heavy atom. The molecule has 0 fully saturated rings. The summed E-state index contributed by atoms with van der Waals surface area (Å²) in [5.74, 6) is 0. The molecule has 0 aliphatic heterocycles. The number of hydrogen-bond donors (Lipinski definition) is 0. The molecule has 0 radical (unpaired) electrons. The van der Waals surface area contributed by atoms with Crippen molar-refractivity contribution >= 4 is 27.9 Å². The average molecular weight is 269 g/mol. The van der Waals surface area contributed by atoms with Gasteiger partial charge in [-0.05, 0) is 18.6 Å². The van der Waals surface area contributed by atoms with Gasteiger partial charge in [0.25, 0.3) is 0 Å². The Morgan fingerprint density at radius 2 is 2.20 bits per heavy atom. The van der Waals surface area contributed by atoms with Gasteiger partial charge in [-0.15, -0.1) is 0 Å². The van der Waals surface area contributed by atoms with Crippen LogP contribution < -0.4 is 0 Å². The highest BCUT2D eigenvalue weighted by Gasteiger charge is 2.12. The van der Waals surface area contributed by atoms with E-state index in [1.807, 2.05) is 24.3 Å². The number of aromatic nitrogens is 2. The second-order valence-corrected chi connectivity index (χ2v) is 4.48. The Kier molecular flexibility index (Phi) is 3.33. The maximum atomic E-state index is 5.73. The lowest BCUT2D eigenvalue weighted by molar-refractivity contribution is 0.212. The van der Waals surface area contributed by atoms with Crippen LogP contribution in [0.2, 0.25) is 0 Å². The third-order valence-electron chi connectivity index (χ3n) is 3.07. The third-order valence-corrected chi connectivity index (χ3v) is 3.07. The number of oxime groups is 1. The van der Waals surface area contributed by atoms with E-state index in [2.05, 4.69) is 22.0 Å².